The van der Waals surface area contributed by atoms with E-state index in [1.165, 1.54) is 18.0 Å². The van der Waals surface area contributed by atoms with Gasteiger partial charge in [-0.2, -0.15) is 5.26 Å². The van der Waals surface area contributed by atoms with Gasteiger partial charge < -0.3 is 4.28 Å². The van der Waals surface area contributed by atoms with Gasteiger partial charge in [0.2, 0.25) is 0 Å². The van der Waals surface area contributed by atoms with Crippen LogP contribution >= 0.6 is 23.8 Å². The van der Waals surface area contributed by atoms with Crippen LogP contribution in [0.4, 0.5) is 0 Å². The monoisotopic (exact) mass is 380 g/mol. The van der Waals surface area contributed by atoms with Gasteiger partial charge in [0.25, 0.3) is 0 Å². The van der Waals surface area contributed by atoms with E-state index in [0.29, 0.717) is 16.4 Å². The quantitative estimate of drug-likeness (QED) is 0.325. The number of nitriles is 1. The molecule has 0 amide bonds. The molecule has 0 fully saturated rings. The van der Waals surface area contributed by atoms with Gasteiger partial charge in [-0.3, -0.25) is 0 Å². The number of aryl methyl sites for hydroxylation is 1. The molecule has 5 nitrogen and oxygen atoms in total. The van der Waals surface area contributed by atoms with Crippen LogP contribution in [-0.4, -0.2) is 31.2 Å². The molecule has 0 bridgehead atoms. The van der Waals surface area contributed by atoms with E-state index in [0.717, 1.165) is 28.1 Å². The second-order valence-corrected chi connectivity index (χ2v) is 9.17. The molecule has 1 aliphatic heterocycles. The van der Waals surface area contributed by atoms with Crippen LogP contribution in [-0.2, 0) is 14.1 Å². The maximum absolute atomic E-state index is 11.0. The zero-order valence-corrected chi connectivity index (χ0v) is 15.7. The maximum Gasteiger partial charge on any atom is 0.148 e. The summed E-state index contributed by atoms with van der Waals surface area (Å²) in [4.78, 5) is 0.815. The van der Waals surface area contributed by atoms with Crippen LogP contribution in [0.25, 0.3) is 5.57 Å². The number of thioether (sulfide) groups is 1. The van der Waals surface area contributed by atoms with Gasteiger partial charge >= 0.3 is 0 Å². The first kappa shape index (κ1) is 18.6. The molecule has 0 saturated heterocycles. The van der Waals surface area contributed by atoms with Crippen molar-refractivity contribution in [3.05, 3.63) is 52.4 Å². The summed E-state index contributed by atoms with van der Waals surface area (Å²) in [5, 5.41) is 14.1. The van der Waals surface area contributed by atoms with Crippen molar-refractivity contribution in [3.8, 4) is 6.07 Å². The van der Waals surface area contributed by atoms with Gasteiger partial charge in [0.05, 0.1) is 23.4 Å². The first-order valence-electron chi connectivity index (χ1n) is 7.01. The molecule has 0 radical (unpaired) electrons. The molecular weight excluding hydrogens is 364 g/mol. The van der Waals surface area contributed by atoms with Crippen LogP contribution in [0.2, 0.25) is 0 Å². The number of benzene rings is 1. The summed E-state index contributed by atoms with van der Waals surface area (Å²) in [7, 11) is -2.99. The summed E-state index contributed by atoms with van der Waals surface area (Å²) in [5.41, 5.74) is 2.54. The molecule has 1 aliphatic rings. The molecule has 126 valence electrons. The highest BCUT2D eigenvalue weighted by Crippen LogP contribution is 2.34. The molecule has 0 N–H and O–H groups in total. The Morgan fingerprint density at radius 1 is 1.38 bits per heavy atom. The van der Waals surface area contributed by atoms with E-state index in [4.69, 9.17) is 4.28 Å². The highest BCUT2D eigenvalue weighted by molar-refractivity contribution is 8.18. The molecule has 1 aromatic carbocycles. The van der Waals surface area contributed by atoms with Gasteiger partial charge in [-0.05, 0) is 30.2 Å². The van der Waals surface area contributed by atoms with E-state index in [1.807, 2.05) is 37.3 Å². The first-order valence-corrected chi connectivity index (χ1v) is 10.8. The second-order valence-electron chi connectivity index (χ2n) is 5.06. The Balaban J connectivity index is 2.02. The lowest BCUT2D eigenvalue weighted by Gasteiger charge is -2.05. The van der Waals surface area contributed by atoms with Crippen LogP contribution in [0.5, 0.6) is 0 Å². The van der Waals surface area contributed by atoms with Crippen molar-refractivity contribution in [3.63, 3.8) is 0 Å². The molecule has 24 heavy (non-hydrogen) atoms. The lowest BCUT2D eigenvalue weighted by molar-refractivity contribution is 0.408. The van der Waals surface area contributed by atoms with Crippen molar-refractivity contribution in [2.24, 2.45) is 5.16 Å². The molecule has 0 spiro atoms. The summed E-state index contributed by atoms with van der Waals surface area (Å²) in [5.74, 6) is 0.363. The minimum atomic E-state index is -2.99. The number of rotatable bonds is 6. The van der Waals surface area contributed by atoms with E-state index in [2.05, 4.69) is 11.2 Å². The average molecular weight is 381 g/mol. The van der Waals surface area contributed by atoms with Crippen molar-refractivity contribution in [2.45, 2.75) is 6.92 Å². The van der Waals surface area contributed by atoms with Crippen molar-refractivity contribution in [1.82, 2.24) is 0 Å². The standard InChI is InChI=1S/C16H16N2O3S3/c1-12-5-3-4-6-13(12)14(11-17)15-7-8-16(23-15)18-21-22-9-10-24(2,19)20/h3-8H,9-10H2,1-2H3. The zero-order chi connectivity index (χ0) is 17.6. The molecular formula is C16H16N2O3S3. The Labute approximate surface area is 150 Å². The number of sulfone groups is 1. The zero-order valence-electron chi connectivity index (χ0n) is 13.2. The van der Waals surface area contributed by atoms with Gasteiger partial charge in [-0.1, -0.05) is 41.2 Å². The Morgan fingerprint density at radius 2 is 2.12 bits per heavy atom. The fraction of sp³-hybridized carbons (Fsp3) is 0.250. The maximum atomic E-state index is 11.0. The van der Waals surface area contributed by atoms with Crippen LogP contribution in [0, 0.1) is 18.3 Å². The minimum absolute atomic E-state index is 0.0442. The van der Waals surface area contributed by atoms with E-state index in [-0.39, 0.29) is 5.75 Å². The highest BCUT2D eigenvalue weighted by atomic mass is 32.2. The number of oxime groups is 1. The summed E-state index contributed by atoms with van der Waals surface area (Å²) >= 11 is 2.34. The molecule has 0 aliphatic carbocycles. The van der Waals surface area contributed by atoms with Gasteiger partial charge in [-0.15, -0.1) is 0 Å². The smallest absolute Gasteiger partial charge is 0.148 e. The molecule has 1 aromatic rings. The van der Waals surface area contributed by atoms with Crippen molar-refractivity contribution < 1.29 is 12.7 Å². The number of nitrogens with zero attached hydrogens (tertiary/aromatic N) is 2. The fourth-order valence-electron chi connectivity index (χ4n) is 1.90. The molecule has 0 unspecified atom stereocenters. The molecule has 1 heterocycles. The SMILES string of the molecule is Cc1ccccc1C(C#N)=C1C=CC(=NOSCCS(C)(=O)=O)S1. The van der Waals surface area contributed by atoms with Gasteiger partial charge in [0.1, 0.15) is 21.0 Å². The minimum Gasteiger partial charge on any atom is -0.321 e. The van der Waals surface area contributed by atoms with E-state index >= 15 is 0 Å². The fourth-order valence-corrected chi connectivity index (χ4v) is 4.47. The predicted molar refractivity (Wildman–Crippen MR) is 101 cm³/mol. The Morgan fingerprint density at radius 3 is 2.79 bits per heavy atom. The Bertz CT molecular complexity index is 850. The summed E-state index contributed by atoms with van der Waals surface area (Å²) < 4.78 is 27.1. The van der Waals surface area contributed by atoms with Crippen LogP contribution < -0.4 is 0 Å². The Kier molecular flexibility index (Phi) is 6.54. The Hall–Kier alpha value is -1.69. The highest BCUT2D eigenvalue weighted by Gasteiger charge is 2.16. The van der Waals surface area contributed by atoms with Crippen molar-refractivity contribution in [1.29, 1.82) is 5.26 Å². The van der Waals surface area contributed by atoms with Crippen LogP contribution in [0.3, 0.4) is 0 Å². The molecule has 0 atom stereocenters. The van der Waals surface area contributed by atoms with E-state index in [1.54, 1.807) is 6.08 Å². The summed E-state index contributed by atoms with van der Waals surface area (Å²) in [6.07, 6.45) is 4.78. The normalized spacial score (nSPS) is 17.8. The van der Waals surface area contributed by atoms with Crippen molar-refractivity contribution in [2.75, 3.05) is 17.8 Å². The number of hydrogen-bond acceptors (Lipinski definition) is 7. The first-order chi connectivity index (χ1) is 11.4. The van der Waals surface area contributed by atoms with E-state index in [9.17, 15) is 13.7 Å². The second kappa shape index (κ2) is 8.42. The van der Waals surface area contributed by atoms with Gasteiger partial charge in [0.15, 0.2) is 0 Å². The van der Waals surface area contributed by atoms with Crippen LogP contribution in [0.15, 0.2) is 46.5 Å². The van der Waals surface area contributed by atoms with Crippen LogP contribution in [0.1, 0.15) is 11.1 Å². The third-order valence-electron chi connectivity index (χ3n) is 3.08. The van der Waals surface area contributed by atoms with Crippen molar-refractivity contribution >= 4 is 44.3 Å². The predicted octanol–water partition coefficient (Wildman–Crippen LogP) is 3.56. The third-order valence-corrected chi connectivity index (χ3v) is 5.82. The molecule has 0 aromatic heterocycles. The van der Waals surface area contributed by atoms with Gasteiger partial charge in [0, 0.05) is 16.9 Å². The lowest BCUT2D eigenvalue weighted by Crippen LogP contribution is -2.04. The third kappa shape index (κ3) is 5.44. The summed E-state index contributed by atoms with van der Waals surface area (Å²) in [6.45, 7) is 1.97. The topological polar surface area (TPSA) is 79.5 Å². The number of hydrogen-bond donors (Lipinski definition) is 0. The van der Waals surface area contributed by atoms with Gasteiger partial charge in [-0.25, -0.2) is 8.42 Å². The largest absolute Gasteiger partial charge is 0.321 e. The lowest BCUT2D eigenvalue weighted by atomic mass is 10.0. The molecule has 8 heteroatoms. The molecule has 2 rings (SSSR count). The number of allylic oxidation sites excluding steroid dienone is 2. The average Bonchev–Trinajstić information content (AvgIpc) is 2.97. The van der Waals surface area contributed by atoms with E-state index < -0.39 is 9.84 Å². The summed E-state index contributed by atoms with van der Waals surface area (Å²) in [6, 6.07) is 9.98. The molecule has 0 saturated carbocycles.